The van der Waals surface area contributed by atoms with Crippen molar-refractivity contribution in [2.75, 3.05) is 19.3 Å². The average molecular weight is 338 g/mol. The zero-order valence-corrected chi connectivity index (χ0v) is 13.5. The SMILES string of the molecule is CS(=O)(=O)N1Cc2ccnn2C[C@H](CNC(=O)c2ccco2)C1. The van der Waals surface area contributed by atoms with Crippen LogP contribution in [0, 0.1) is 5.92 Å². The summed E-state index contributed by atoms with van der Waals surface area (Å²) < 4.78 is 32.1. The molecule has 3 rings (SSSR count). The van der Waals surface area contributed by atoms with E-state index in [1.165, 1.54) is 16.8 Å². The Kier molecular flexibility index (Phi) is 4.22. The summed E-state index contributed by atoms with van der Waals surface area (Å²) in [5, 5.41) is 7.01. The molecular formula is C14H18N4O4S. The van der Waals surface area contributed by atoms with Crippen LogP contribution in [0.4, 0.5) is 0 Å². The lowest BCUT2D eigenvalue weighted by molar-refractivity contribution is 0.0916. The van der Waals surface area contributed by atoms with Gasteiger partial charge in [0.15, 0.2) is 5.76 Å². The van der Waals surface area contributed by atoms with E-state index in [0.29, 0.717) is 26.2 Å². The molecule has 1 aliphatic heterocycles. The minimum absolute atomic E-state index is 0.0789. The standard InChI is InChI=1S/C14H18N4O4S/c1-23(20,21)17-8-11(9-18-12(10-17)4-5-16-18)7-15-14(19)13-3-2-6-22-13/h2-6,11H,7-10H2,1H3,(H,15,19)/t11-/m1/s1. The number of hydrogen-bond acceptors (Lipinski definition) is 5. The van der Waals surface area contributed by atoms with Gasteiger partial charge >= 0.3 is 0 Å². The summed E-state index contributed by atoms with van der Waals surface area (Å²) in [7, 11) is -3.32. The number of aromatic nitrogens is 2. The normalized spacial score (nSPS) is 19.1. The van der Waals surface area contributed by atoms with Crippen LogP contribution in [0.1, 0.15) is 16.2 Å². The molecule has 0 saturated heterocycles. The van der Waals surface area contributed by atoms with Crippen LogP contribution in [-0.2, 0) is 23.1 Å². The van der Waals surface area contributed by atoms with Crippen LogP contribution in [0.25, 0.3) is 0 Å². The van der Waals surface area contributed by atoms with Crippen molar-refractivity contribution < 1.29 is 17.6 Å². The van der Waals surface area contributed by atoms with Gasteiger partial charge in [-0.25, -0.2) is 8.42 Å². The summed E-state index contributed by atoms with van der Waals surface area (Å²) in [5.74, 6) is -0.158. The fourth-order valence-electron chi connectivity index (χ4n) is 2.61. The quantitative estimate of drug-likeness (QED) is 0.864. The van der Waals surface area contributed by atoms with E-state index < -0.39 is 10.0 Å². The number of nitrogens with zero attached hydrogens (tertiary/aromatic N) is 3. The number of nitrogens with one attached hydrogen (secondary N) is 1. The van der Waals surface area contributed by atoms with Crippen LogP contribution >= 0.6 is 0 Å². The molecule has 23 heavy (non-hydrogen) atoms. The van der Waals surface area contributed by atoms with E-state index >= 15 is 0 Å². The molecular weight excluding hydrogens is 320 g/mol. The van der Waals surface area contributed by atoms with Crippen LogP contribution in [0.15, 0.2) is 35.1 Å². The fraction of sp³-hybridized carbons (Fsp3) is 0.429. The first-order chi connectivity index (χ1) is 10.9. The molecule has 0 bridgehead atoms. The van der Waals surface area contributed by atoms with Crippen LogP contribution in [0.3, 0.4) is 0 Å². The van der Waals surface area contributed by atoms with Gasteiger partial charge in [-0.15, -0.1) is 0 Å². The molecule has 1 N–H and O–H groups in total. The summed E-state index contributed by atoms with van der Waals surface area (Å²) in [6, 6.07) is 5.03. The molecule has 124 valence electrons. The molecule has 1 amide bonds. The van der Waals surface area contributed by atoms with Gasteiger partial charge < -0.3 is 9.73 Å². The van der Waals surface area contributed by atoms with Gasteiger partial charge in [-0.3, -0.25) is 9.48 Å². The first-order valence-corrected chi connectivity index (χ1v) is 9.06. The number of furan rings is 1. The summed E-state index contributed by atoms with van der Waals surface area (Å²) in [4.78, 5) is 11.9. The molecule has 0 fully saturated rings. The zero-order chi connectivity index (χ0) is 16.4. The molecule has 1 aliphatic rings. The molecule has 0 unspecified atom stereocenters. The predicted octanol–water partition coefficient (Wildman–Crippen LogP) is 0.298. The highest BCUT2D eigenvalue weighted by Crippen LogP contribution is 2.17. The monoisotopic (exact) mass is 338 g/mol. The van der Waals surface area contributed by atoms with Gasteiger partial charge in [-0.1, -0.05) is 0 Å². The second-order valence-corrected chi connectivity index (χ2v) is 7.60. The molecule has 0 spiro atoms. The molecule has 0 aliphatic carbocycles. The van der Waals surface area contributed by atoms with Crippen molar-refractivity contribution in [3.63, 3.8) is 0 Å². The van der Waals surface area contributed by atoms with Gasteiger partial charge in [0, 0.05) is 31.7 Å². The number of amides is 1. The van der Waals surface area contributed by atoms with Gasteiger partial charge in [0.05, 0.1) is 24.8 Å². The maximum absolute atomic E-state index is 11.9. The summed E-state index contributed by atoms with van der Waals surface area (Å²) in [6.45, 7) is 1.51. The van der Waals surface area contributed by atoms with Crippen molar-refractivity contribution in [2.45, 2.75) is 13.1 Å². The molecule has 8 nitrogen and oxygen atoms in total. The Bertz CT molecular complexity index is 782. The van der Waals surface area contributed by atoms with E-state index in [2.05, 4.69) is 10.4 Å². The minimum atomic E-state index is -3.32. The minimum Gasteiger partial charge on any atom is -0.459 e. The lowest BCUT2D eigenvalue weighted by atomic mass is 10.1. The van der Waals surface area contributed by atoms with Gasteiger partial charge in [0.25, 0.3) is 5.91 Å². The van der Waals surface area contributed by atoms with Crippen LogP contribution in [0.2, 0.25) is 0 Å². The van der Waals surface area contributed by atoms with E-state index in [0.717, 1.165) is 5.69 Å². The topological polar surface area (TPSA) is 97.4 Å². The molecule has 0 saturated carbocycles. The second-order valence-electron chi connectivity index (χ2n) is 5.61. The molecule has 2 aromatic heterocycles. The molecule has 0 aromatic carbocycles. The Morgan fingerprint density at radius 1 is 1.43 bits per heavy atom. The number of fused-ring (bicyclic) bond motifs is 1. The van der Waals surface area contributed by atoms with E-state index in [1.54, 1.807) is 23.0 Å². The third-order valence-electron chi connectivity index (χ3n) is 3.80. The first kappa shape index (κ1) is 15.8. The summed E-state index contributed by atoms with van der Waals surface area (Å²) in [6.07, 6.45) is 4.28. The van der Waals surface area contributed by atoms with Crippen molar-refractivity contribution in [3.8, 4) is 0 Å². The van der Waals surface area contributed by atoms with Crippen molar-refractivity contribution in [3.05, 3.63) is 42.1 Å². The predicted molar refractivity (Wildman–Crippen MR) is 82.0 cm³/mol. The maximum atomic E-state index is 11.9. The Balaban J connectivity index is 1.72. The van der Waals surface area contributed by atoms with E-state index in [-0.39, 0.29) is 17.6 Å². The third kappa shape index (κ3) is 3.62. The highest BCUT2D eigenvalue weighted by Gasteiger charge is 2.28. The molecule has 0 radical (unpaired) electrons. The second kappa shape index (κ2) is 6.17. The number of sulfonamides is 1. The Morgan fingerprint density at radius 3 is 2.96 bits per heavy atom. The molecule has 3 heterocycles. The van der Waals surface area contributed by atoms with Crippen molar-refractivity contribution in [1.29, 1.82) is 0 Å². The lowest BCUT2D eigenvalue weighted by Gasteiger charge is -2.21. The van der Waals surface area contributed by atoms with Crippen molar-refractivity contribution in [2.24, 2.45) is 5.92 Å². The Labute approximate surface area is 134 Å². The largest absolute Gasteiger partial charge is 0.459 e. The van der Waals surface area contributed by atoms with Gasteiger partial charge in [-0.05, 0) is 18.2 Å². The number of rotatable bonds is 4. The number of hydrogen-bond donors (Lipinski definition) is 1. The van der Waals surface area contributed by atoms with Crippen molar-refractivity contribution >= 4 is 15.9 Å². The summed E-state index contributed by atoms with van der Waals surface area (Å²) in [5.41, 5.74) is 0.843. The van der Waals surface area contributed by atoms with Gasteiger partial charge in [0.2, 0.25) is 10.0 Å². The fourth-order valence-corrected chi connectivity index (χ4v) is 3.46. The zero-order valence-electron chi connectivity index (χ0n) is 12.7. The molecule has 9 heteroatoms. The maximum Gasteiger partial charge on any atom is 0.286 e. The van der Waals surface area contributed by atoms with Crippen LogP contribution < -0.4 is 5.32 Å². The van der Waals surface area contributed by atoms with Gasteiger partial charge in [-0.2, -0.15) is 9.40 Å². The van der Waals surface area contributed by atoms with Crippen molar-refractivity contribution in [1.82, 2.24) is 19.4 Å². The van der Waals surface area contributed by atoms with Crippen LogP contribution in [-0.4, -0.2) is 47.8 Å². The highest BCUT2D eigenvalue weighted by atomic mass is 32.2. The van der Waals surface area contributed by atoms with E-state index in [9.17, 15) is 13.2 Å². The van der Waals surface area contributed by atoms with Crippen LogP contribution in [0.5, 0.6) is 0 Å². The number of carbonyl (C=O) groups excluding carboxylic acids is 1. The summed E-state index contributed by atoms with van der Waals surface area (Å²) >= 11 is 0. The lowest BCUT2D eigenvalue weighted by Crippen LogP contribution is -2.38. The molecule has 2 aromatic rings. The highest BCUT2D eigenvalue weighted by molar-refractivity contribution is 7.88. The first-order valence-electron chi connectivity index (χ1n) is 7.21. The third-order valence-corrected chi connectivity index (χ3v) is 5.02. The van der Waals surface area contributed by atoms with E-state index in [4.69, 9.17) is 4.42 Å². The average Bonchev–Trinajstić information content (AvgIpc) is 3.12. The Hall–Kier alpha value is -2.13. The van der Waals surface area contributed by atoms with Gasteiger partial charge in [0.1, 0.15) is 0 Å². The van der Waals surface area contributed by atoms with E-state index in [1.807, 2.05) is 6.07 Å². The Morgan fingerprint density at radius 2 is 2.26 bits per heavy atom. The number of carbonyl (C=O) groups is 1. The molecule has 1 atom stereocenters. The smallest absolute Gasteiger partial charge is 0.286 e.